The summed E-state index contributed by atoms with van der Waals surface area (Å²) in [7, 11) is -4.01. The summed E-state index contributed by atoms with van der Waals surface area (Å²) in [6.07, 6.45) is 3.88. The maximum absolute atomic E-state index is 12.7. The molecule has 2 aromatic rings. The Hall–Kier alpha value is -3.07. The highest BCUT2D eigenvalue weighted by atomic mass is 32.2. The van der Waals surface area contributed by atoms with Crippen LogP contribution in [0.25, 0.3) is 0 Å². The third-order valence-corrected chi connectivity index (χ3v) is 8.33. The van der Waals surface area contributed by atoms with Gasteiger partial charge in [-0.25, -0.2) is 12.7 Å². The minimum Gasteiger partial charge on any atom is -0.486 e. The number of hydrogen-bond donors (Lipinski definition) is 1. The van der Waals surface area contributed by atoms with E-state index in [1.165, 1.54) is 12.1 Å². The first-order valence-corrected chi connectivity index (χ1v) is 12.2. The molecule has 1 fully saturated rings. The van der Waals surface area contributed by atoms with Gasteiger partial charge in [-0.15, -0.1) is 0 Å². The highest BCUT2D eigenvalue weighted by Crippen LogP contribution is 2.44. The van der Waals surface area contributed by atoms with Crippen LogP contribution >= 0.6 is 0 Å². The molecule has 2 amide bonds. The predicted octanol–water partition coefficient (Wildman–Crippen LogP) is 2.23. The second-order valence-electron chi connectivity index (χ2n) is 8.44. The zero-order valence-electron chi connectivity index (χ0n) is 17.5. The van der Waals surface area contributed by atoms with Gasteiger partial charge in [-0.2, -0.15) is 0 Å². The second-order valence-corrected chi connectivity index (χ2v) is 10.3. The Morgan fingerprint density at radius 1 is 1.03 bits per heavy atom. The number of nitrogens with zero attached hydrogens (tertiary/aromatic N) is 1. The lowest BCUT2D eigenvalue weighted by Gasteiger charge is -2.31. The Kier molecular flexibility index (Phi) is 5.08. The number of carbonyl (C=O) groups is 2. The van der Waals surface area contributed by atoms with Gasteiger partial charge in [-0.1, -0.05) is 31.0 Å². The molecule has 5 rings (SSSR count). The third-order valence-electron chi connectivity index (χ3n) is 6.54. The van der Waals surface area contributed by atoms with E-state index in [1.54, 1.807) is 12.1 Å². The summed E-state index contributed by atoms with van der Waals surface area (Å²) in [4.78, 5) is 25.2. The second kappa shape index (κ2) is 7.81. The molecule has 0 unspecified atom stereocenters. The molecule has 0 radical (unpaired) electrons. The van der Waals surface area contributed by atoms with Gasteiger partial charge in [0.2, 0.25) is 5.91 Å². The molecule has 9 heteroatoms. The van der Waals surface area contributed by atoms with Crippen LogP contribution in [-0.2, 0) is 20.2 Å². The van der Waals surface area contributed by atoms with Crippen molar-refractivity contribution in [3.05, 3.63) is 53.6 Å². The van der Waals surface area contributed by atoms with Crippen LogP contribution in [0, 0.1) is 0 Å². The van der Waals surface area contributed by atoms with Crippen molar-refractivity contribution in [3.63, 3.8) is 0 Å². The van der Waals surface area contributed by atoms with Crippen molar-refractivity contribution in [2.45, 2.75) is 36.0 Å². The number of ether oxygens (including phenoxy) is 2. The molecule has 8 nitrogen and oxygen atoms in total. The Morgan fingerprint density at radius 3 is 2.50 bits per heavy atom. The highest BCUT2D eigenvalue weighted by molar-refractivity contribution is 7.90. The van der Waals surface area contributed by atoms with E-state index in [4.69, 9.17) is 9.47 Å². The largest absolute Gasteiger partial charge is 0.486 e. The molecule has 168 valence electrons. The maximum Gasteiger partial charge on any atom is 0.269 e. The van der Waals surface area contributed by atoms with Gasteiger partial charge < -0.3 is 14.8 Å². The average Bonchev–Trinajstić information content (AvgIpc) is 3.36. The van der Waals surface area contributed by atoms with Gasteiger partial charge in [-0.05, 0) is 42.7 Å². The standard InChI is InChI=1S/C23H24N2O6S/c26-21(14-25-22(27)17-5-1-2-6-20(17)32(25,28)29)24-15-23(9-3-4-10-23)16-7-8-18-19(13-16)31-12-11-30-18/h1-2,5-8,13H,3-4,9-12,14-15H2,(H,24,26). The number of benzene rings is 2. The number of hydrogen-bond acceptors (Lipinski definition) is 6. The Bertz CT molecular complexity index is 1190. The van der Waals surface area contributed by atoms with E-state index in [2.05, 4.69) is 5.32 Å². The van der Waals surface area contributed by atoms with Gasteiger partial charge in [0.15, 0.2) is 11.5 Å². The molecule has 2 aliphatic heterocycles. The minimum absolute atomic E-state index is 0.0543. The van der Waals surface area contributed by atoms with Crippen LogP contribution in [0.5, 0.6) is 11.5 Å². The molecule has 0 saturated heterocycles. The zero-order chi connectivity index (χ0) is 22.3. The summed E-state index contributed by atoms with van der Waals surface area (Å²) in [6.45, 7) is 0.851. The number of rotatable bonds is 5. The first kappa shape index (κ1) is 20.8. The molecule has 0 bridgehead atoms. The van der Waals surface area contributed by atoms with Crippen LogP contribution in [0.3, 0.4) is 0 Å². The molecule has 0 aromatic heterocycles. The van der Waals surface area contributed by atoms with Gasteiger partial charge in [0.25, 0.3) is 15.9 Å². The first-order valence-electron chi connectivity index (χ1n) is 10.7. The molecule has 1 saturated carbocycles. The van der Waals surface area contributed by atoms with Crippen LogP contribution in [0.2, 0.25) is 0 Å². The maximum atomic E-state index is 12.7. The summed E-state index contributed by atoms with van der Waals surface area (Å²) in [6, 6.07) is 11.9. The Labute approximate surface area is 186 Å². The predicted molar refractivity (Wildman–Crippen MR) is 115 cm³/mol. The van der Waals surface area contributed by atoms with Crippen molar-refractivity contribution in [1.82, 2.24) is 9.62 Å². The molecule has 0 atom stereocenters. The third kappa shape index (κ3) is 3.40. The van der Waals surface area contributed by atoms with Crippen molar-refractivity contribution in [1.29, 1.82) is 0 Å². The lowest BCUT2D eigenvalue weighted by molar-refractivity contribution is -0.121. The molecule has 2 aromatic carbocycles. The number of fused-ring (bicyclic) bond motifs is 2. The molecule has 1 N–H and O–H groups in total. The molecule has 2 heterocycles. The van der Waals surface area contributed by atoms with Crippen molar-refractivity contribution < 1.29 is 27.5 Å². The van der Waals surface area contributed by atoms with Crippen molar-refractivity contribution >= 4 is 21.8 Å². The molecular formula is C23H24N2O6S. The zero-order valence-corrected chi connectivity index (χ0v) is 18.3. The van der Waals surface area contributed by atoms with Gasteiger partial charge in [0, 0.05) is 12.0 Å². The normalized spacial score (nSPS) is 20.1. The van der Waals surface area contributed by atoms with E-state index >= 15 is 0 Å². The number of amides is 2. The van der Waals surface area contributed by atoms with E-state index in [0.717, 1.165) is 37.0 Å². The lowest BCUT2D eigenvalue weighted by Crippen LogP contribution is -2.45. The number of sulfonamides is 1. The summed E-state index contributed by atoms with van der Waals surface area (Å²) in [5.74, 6) is 0.254. The summed E-state index contributed by atoms with van der Waals surface area (Å²) >= 11 is 0. The van der Waals surface area contributed by atoms with Crippen LogP contribution in [0.15, 0.2) is 47.4 Å². The fourth-order valence-corrected chi connectivity index (χ4v) is 6.36. The van der Waals surface area contributed by atoms with E-state index < -0.39 is 28.4 Å². The first-order chi connectivity index (χ1) is 15.4. The highest BCUT2D eigenvalue weighted by Gasteiger charge is 2.42. The molecular weight excluding hydrogens is 432 g/mol. The fourth-order valence-electron chi connectivity index (χ4n) is 4.83. The number of nitrogens with one attached hydrogen (secondary N) is 1. The molecule has 32 heavy (non-hydrogen) atoms. The van der Waals surface area contributed by atoms with E-state index in [-0.39, 0.29) is 15.9 Å². The van der Waals surface area contributed by atoms with Gasteiger partial charge >= 0.3 is 0 Å². The van der Waals surface area contributed by atoms with Crippen LogP contribution in [0.1, 0.15) is 41.6 Å². The number of carbonyl (C=O) groups excluding carboxylic acids is 2. The lowest BCUT2D eigenvalue weighted by atomic mass is 9.78. The van der Waals surface area contributed by atoms with Crippen molar-refractivity contribution in [2.24, 2.45) is 0 Å². The fraction of sp³-hybridized carbons (Fsp3) is 0.391. The monoisotopic (exact) mass is 456 g/mol. The van der Waals surface area contributed by atoms with E-state index in [9.17, 15) is 18.0 Å². The van der Waals surface area contributed by atoms with Crippen LogP contribution in [0.4, 0.5) is 0 Å². The summed E-state index contributed by atoms with van der Waals surface area (Å²) < 4.78 is 37.4. The van der Waals surface area contributed by atoms with Crippen molar-refractivity contribution in [3.8, 4) is 11.5 Å². The summed E-state index contributed by atoms with van der Waals surface area (Å²) in [5, 5.41) is 2.89. The van der Waals surface area contributed by atoms with Gasteiger partial charge in [0.1, 0.15) is 24.7 Å². The SMILES string of the molecule is O=C(CN1C(=O)c2ccccc2S1(=O)=O)NCC1(c2ccc3c(c2)OCCO3)CCCC1. The molecule has 1 aliphatic carbocycles. The Morgan fingerprint density at radius 2 is 1.75 bits per heavy atom. The van der Waals surface area contributed by atoms with Gasteiger partial charge in [0.05, 0.1) is 5.56 Å². The van der Waals surface area contributed by atoms with E-state index in [0.29, 0.717) is 29.8 Å². The van der Waals surface area contributed by atoms with Gasteiger partial charge in [-0.3, -0.25) is 9.59 Å². The average molecular weight is 457 g/mol. The van der Waals surface area contributed by atoms with Crippen LogP contribution < -0.4 is 14.8 Å². The Balaban J connectivity index is 1.31. The molecule has 3 aliphatic rings. The quantitative estimate of drug-likeness (QED) is 0.740. The smallest absolute Gasteiger partial charge is 0.269 e. The molecule has 0 spiro atoms. The van der Waals surface area contributed by atoms with Crippen LogP contribution in [-0.4, -0.2) is 50.8 Å². The topological polar surface area (TPSA) is 102 Å². The minimum atomic E-state index is -4.01. The van der Waals surface area contributed by atoms with Crippen molar-refractivity contribution in [2.75, 3.05) is 26.3 Å². The summed E-state index contributed by atoms with van der Waals surface area (Å²) in [5.41, 5.74) is 0.906. The van der Waals surface area contributed by atoms with E-state index in [1.807, 2.05) is 18.2 Å².